The van der Waals surface area contributed by atoms with Crippen LogP contribution in [-0.4, -0.2) is 35.8 Å². The van der Waals surface area contributed by atoms with Crippen LogP contribution < -0.4 is 10.2 Å². The Balaban J connectivity index is 0.00000259. The molecule has 1 fully saturated rings. The third kappa shape index (κ3) is 4.32. The molecule has 0 saturated carbocycles. The summed E-state index contributed by atoms with van der Waals surface area (Å²) < 4.78 is 2.08. The fourth-order valence-corrected chi connectivity index (χ4v) is 4.69. The Hall–Kier alpha value is -3.33. The number of aromatic nitrogens is 2. The van der Waals surface area contributed by atoms with Crippen molar-refractivity contribution in [1.82, 2.24) is 14.9 Å². The van der Waals surface area contributed by atoms with Gasteiger partial charge in [0.25, 0.3) is 0 Å². The number of benzene rings is 2. The molecule has 5 rings (SSSR count). The summed E-state index contributed by atoms with van der Waals surface area (Å²) >= 11 is 0. The molecule has 0 radical (unpaired) electrons. The van der Waals surface area contributed by atoms with Crippen LogP contribution in [0.4, 0.5) is 5.69 Å². The van der Waals surface area contributed by atoms with Crippen molar-refractivity contribution in [3.8, 4) is 28.5 Å². The van der Waals surface area contributed by atoms with Crippen LogP contribution in [0.2, 0.25) is 0 Å². The second kappa shape index (κ2) is 9.66. The average Bonchev–Trinajstić information content (AvgIpc) is 3.24. The number of rotatable bonds is 4. The van der Waals surface area contributed by atoms with Gasteiger partial charge in [-0.15, -0.1) is 12.4 Å². The van der Waals surface area contributed by atoms with Gasteiger partial charge in [-0.1, -0.05) is 42.0 Å². The molecule has 5 nitrogen and oxygen atoms in total. The minimum absolute atomic E-state index is 0. The van der Waals surface area contributed by atoms with Gasteiger partial charge in [0.1, 0.15) is 0 Å². The Morgan fingerprint density at radius 1 is 1.03 bits per heavy atom. The molecule has 33 heavy (non-hydrogen) atoms. The van der Waals surface area contributed by atoms with E-state index in [0.29, 0.717) is 11.6 Å². The first-order chi connectivity index (χ1) is 15.7. The Bertz CT molecular complexity index is 1290. The molecule has 1 saturated heterocycles. The van der Waals surface area contributed by atoms with Crippen LogP contribution in [0.3, 0.4) is 0 Å². The van der Waals surface area contributed by atoms with Gasteiger partial charge in [0, 0.05) is 36.5 Å². The van der Waals surface area contributed by atoms with Crippen molar-refractivity contribution in [1.29, 1.82) is 5.26 Å². The molecule has 1 aliphatic heterocycles. The summed E-state index contributed by atoms with van der Waals surface area (Å²) in [5.74, 6) is 0. The molecule has 1 N–H and O–H groups in total. The lowest BCUT2D eigenvalue weighted by atomic mass is 10.00. The van der Waals surface area contributed by atoms with E-state index in [1.165, 1.54) is 24.1 Å². The highest BCUT2D eigenvalue weighted by atomic mass is 35.5. The number of fused-ring (bicyclic) bond motifs is 1. The average molecular weight is 458 g/mol. The molecule has 0 aliphatic carbocycles. The number of halogens is 1. The summed E-state index contributed by atoms with van der Waals surface area (Å²) in [6.45, 7) is 4.15. The Morgan fingerprint density at radius 2 is 1.76 bits per heavy atom. The maximum Gasteiger partial charge on any atom is 0.0991 e. The van der Waals surface area contributed by atoms with Crippen LogP contribution in [-0.2, 0) is 0 Å². The van der Waals surface area contributed by atoms with Crippen LogP contribution in [0.15, 0.2) is 66.9 Å². The van der Waals surface area contributed by atoms with Crippen molar-refractivity contribution in [2.45, 2.75) is 25.8 Å². The molecule has 2 aromatic carbocycles. The highest BCUT2D eigenvalue weighted by Crippen LogP contribution is 2.38. The minimum atomic E-state index is 0. The summed E-state index contributed by atoms with van der Waals surface area (Å²) in [7, 11) is 2.05. The first-order valence-electron chi connectivity index (χ1n) is 11.2. The molecule has 2 aromatic heterocycles. The highest BCUT2D eigenvalue weighted by molar-refractivity contribution is 5.90. The zero-order valence-electron chi connectivity index (χ0n) is 19.0. The van der Waals surface area contributed by atoms with Crippen LogP contribution in [0.1, 0.15) is 24.0 Å². The first-order valence-corrected chi connectivity index (χ1v) is 11.2. The molecule has 0 amide bonds. The van der Waals surface area contributed by atoms with Crippen LogP contribution >= 0.6 is 12.4 Å². The maximum atomic E-state index is 9.22. The number of nitriles is 1. The Kier molecular flexibility index (Phi) is 6.69. The molecular weight excluding hydrogens is 430 g/mol. The number of anilines is 1. The van der Waals surface area contributed by atoms with Gasteiger partial charge in [-0.2, -0.15) is 10.4 Å². The van der Waals surface area contributed by atoms with Crippen molar-refractivity contribution in [2.24, 2.45) is 0 Å². The van der Waals surface area contributed by atoms with Gasteiger partial charge in [0.15, 0.2) is 0 Å². The molecule has 6 heteroatoms. The summed E-state index contributed by atoms with van der Waals surface area (Å²) in [6, 6.07) is 23.5. The molecule has 1 unspecified atom stereocenters. The van der Waals surface area contributed by atoms with Gasteiger partial charge in [0.05, 0.1) is 28.5 Å². The topological polar surface area (TPSA) is 56.4 Å². The van der Waals surface area contributed by atoms with Gasteiger partial charge in [-0.05, 0) is 56.6 Å². The SMILES string of the molecule is CNC1CCCN(c2ccnn3c(-c4ccc(C)cc4)c(-c4ccc(C#N)cc4)cc23)C1.Cl. The molecule has 1 atom stereocenters. The Labute approximate surface area is 201 Å². The molecule has 168 valence electrons. The van der Waals surface area contributed by atoms with Crippen LogP contribution in [0.5, 0.6) is 0 Å². The van der Waals surface area contributed by atoms with E-state index < -0.39 is 0 Å². The number of nitrogens with one attached hydrogen (secondary N) is 1. The first kappa shape index (κ1) is 22.8. The summed E-state index contributed by atoms with van der Waals surface area (Å²) in [5.41, 5.74) is 8.64. The fraction of sp³-hybridized carbons (Fsp3) is 0.259. The van der Waals surface area contributed by atoms with E-state index in [2.05, 4.69) is 64.1 Å². The molecule has 4 aromatic rings. The smallest absolute Gasteiger partial charge is 0.0991 e. The number of nitrogens with zero attached hydrogens (tertiary/aromatic N) is 4. The zero-order chi connectivity index (χ0) is 22.1. The zero-order valence-corrected chi connectivity index (χ0v) is 19.8. The van der Waals surface area contributed by atoms with E-state index in [0.717, 1.165) is 41.0 Å². The predicted octanol–water partition coefficient (Wildman–Crippen LogP) is 5.46. The van der Waals surface area contributed by atoms with E-state index in [-0.39, 0.29) is 12.4 Å². The van der Waals surface area contributed by atoms with Crippen molar-refractivity contribution in [2.75, 3.05) is 25.0 Å². The summed E-state index contributed by atoms with van der Waals surface area (Å²) in [4.78, 5) is 2.48. The molecular formula is C27H28ClN5. The van der Waals surface area contributed by atoms with Gasteiger partial charge in [0.2, 0.25) is 0 Å². The number of aryl methyl sites for hydroxylation is 1. The normalized spacial score (nSPS) is 15.8. The van der Waals surface area contributed by atoms with Gasteiger partial charge >= 0.3 is 0 Å². The van der Waals surface area contributed by atoms with Gasteiger partial charge < -0.3 is 10.2 Å². The van der Waals surface area contributed by atoms with Crippen LogP contribution in [0.25, 0.3) is 27.9 Å². The standard InChI is InChI=1S/C27H27N5.ClH/c1-19-5-9-22(10-6-19)27-24(21-11-7-20(17-28)8-12-21)16-26-25(13-14-30-32(26)27)31-15-3-4-23(18-31)29-2;/h5-14,16,23,29H,3-4,15,18H2,1-2H3;1H. The second-order valence-electron chi connectivity index (χ2n) is 8.55. The van der Waals surface area contributed by atoms with Crippen molar-refractivity contribution < 1.29 is 0 Å². The van der Waals surface area contributed by atoms with E-state index in [1.807, 2.05) is 37.5 Å². The van der Waals surface area contributed by atoms with Crippen LogP contribution in [0, 0.1) is 18.3 Å². The largest absolute Gasteiger partial charge is 0.368 e. The quantitative estimate of drug-likeness (QED) is 0.442. The van der Waals surface area contributed by atoms with E-state index in [1.54, 1.807) is 0 Å². The summed E-state index contributed by atoms with van der Waals surface area (Å²) in [5, 5.41) is 17.4. The maximum absolute atomic E-state index is 9.22. The fourth-order valence-electron chi connectivity index (χ4n) is 4.69. The molecule has 0 spiro atoms. The number of hydrogen-bond acceptors (Lipinski definition) is 4. The molecule has 1 aliphatic rings. The van der Waals surface area contributed by atoms with E-state index >= 15 is 0 Å². The van der Waals surface area contributed by atoms with E-state index in [9.17, 15) is 5.26 Å². The van der Waals surface area contributed by atoms with Crippen molar-refractivity contribution >= 4 is 23.6 Å². The minimum Gasteiger partial charge on any atom is -0.368 e. The Morgan fingerprint density at radius 3 is 2.45 bits per heavy atom. The molecule has 0 bridgehead atoms. The number of likely N-dealkylation sites (N-methyl/N-ethyl adjacent to an activating group) is 1. The monoisotopic (exact) mass is 457 g/mol. The number of piperidine rings is 1. The molecule has 3 heterocycles. The lowest BCUT2D eigenvalue weighted by Gasteiger charge is -2.34. The predicted molar refractivity (Wildman–Crippen MR) is 137 cm³/mol. The third-order valence-corrected chi connectivity index (χ3v) is 6.47. The third-order valence-electron chi connectivity index (χ3n) is 6.47. The van der Waals surface area contributed by atoms with E-state index in [4.69, 9.17) is 5.10 Å². The van der Waals surface area contributed by atoms with Gasteiger partial charge in [-0.3, -0.25) is 0 Å². The van der Waals surface area contributed by atoms with Gasteiger partial charge in [-0.25, -0.2) is 4.52 Å². The lowest BCUT2D eigenvalue weighted by molar-refractivity contribution is 0.450. The highest BCUT2D eigenvalue weighted by Gasteiger charge is 2.23. The van der Waals surface area contributed by atoms with Crippen molar-refractivity contribution in [3.05, 3.63) is 78.0 Å². The summed E-state index contributed by atoms with van der Waals surface area (Å²) in [6.07, 6.45) is 4.29. The van der Waals surface area contributed by atoms with Crippen molar-refractivity contribution in [3.63, 3.8) is 0 Å². The number of hydrogen-bond donors (Lipinski definition) is 1. The lowest BCUT2D eigenvalue weighted by Crippen LogP contribution is -2.44. The second-order valence-corrected chi connectivity index (χ2v) is 8.55.